The van der Waals surface area contributed by atoms with Crippen LogP contribution in [0.1, 0.15) is 73.6 Å². The second-order valence-corrected chi connectivity index (χ2v) is 16.1. The van der Waals surface area contributed by atoms with Crippen molar-refractivity contribution in [3.63, 3.8) is 0 Å². The molecule has 12 heteroatoms. The number of thiol groups is 2. The highest BCUT2D eigenvalue weighted by molar-refractivity contribution is 8.22. The first-order chi connectivity index (χ1) is 21.3. The highest BCUT2D eigenvalue weighted by Crippen LogP contribution is 2.17. The van der Waals surface area contributed by atoms with Gasteiger partial charge in [-0.15, -0.1) is 25.3 Å². The fraction of sp³-hybridized carbons (Fsp3) is 0.500. The van der Waals surface area contributed by atoms with Crippen LogP contribution in [0.5, 0.6) is 0 Å². The number of thiocarbonyl (C=S) groups is 4. The number of hydrogen-bond donors (Lipinski definition) is 6. The summed E-state index contributed by atoms with van der Waals surface area (Å²) in [7, 11) is 0. The summed E-state index contributed by atoms with van der Waals surface area (Å²) < 4.78 is 2.90. The summed E-state index contributed by atoms with van der Waals surface area (Å²) in [4.78, 5) is 0. The Morgan fingerprint density at radius 2 is 0.750 bits per heavy atom. The zero-order valence-electron chi connectivity index (χ0n) is 25.3. The molecule has 4 N–H and O–H groups in total. The predicted molar refractivity (Wildman–Crippen MR) is 220 cm³/mol. The Kier molecular flexibility index (Phi) is 22.9. The lowest BCUT2D eigenvalue weighted by molar-refractivity contribution is 0.628. The molecule has 0 radical (unpaired) electrons. The van der Waals surface area contributed by atoms with Gasteiger partial charge >= 0.3 is 0 Å². The van der Waals surface area contributed by atoms with Crippen LogP contribution in [0.15, 0.2) is 48.5 Å². The zero-order valence-corrected chi connectivity index (χ0v) is 32.0. The van der Waals surface area contributed by atoms with Crippen molar-refractivity contribution < 1.29 is 0 Å². The summed E-state index contributed by atoms with van der Waals surface area (Å²) >= 11 is 32.3. The van der Waals surface area contributed by atoms with E-state index in [-0.39, 0.29) is 0 Å². The predicted octanol–water partition coefficient (Wildman–Crippen LogP) is 8.42. The summed E-state index contributed by atoms with van der Waals surface area (Å²) in [5.41, 5.74) is 5.32. The van der Waals surface area contributed by atoms with Crippen LogP contribution in [0.25, 0.3) is 0 Å². The van der Waals surface area contributed by atoms with Gasteiger partial charge in [0, 0.05) is 37.7 Å². The summed E-state index contributed by atoms with van der Waals surface area (Å²) in [6.07, 6.45) is 11.3. The van der Waals surface area contributed by atoms with Crippen LogP contribution in [0.3, 0.4) is 0 Å². The van der Waals surface area contributed by atoms with Gasteiger partial charge in [0.1, 0.15) is 17.3 Å². The molecule has 44 heavy (non-hydrogen) atoms. The van der Waals surface area contributed by atoms with Gasteiger partial charge in [0.25, 0.3) is 0 Å². The van der Waals surface area contributed by atoms with Crippen molar-refractivity contribution in [2.75, 3.05) is 26.2 Å². The lowest BCUT2D eigenvalue weighted by Crippen LogP contribution is -2.20. The number of thioether (sulfide) groups is 2. The van der Waals surface area contributed by atoms with Crippen molar-refractivity contribution in [2.24, 2.45) is 0 Å². The van der Waals surface area contributed by atoms with Crippen molar-refractivity contribution in [3.05, 3.63) is 70.8 Å². The molecule has 0 amide bonds. The molecule has 0 saturated carbocycles. The van der Waals surface area contributed by atoms with Crippen molar-refractivity contribution in [3.8, 4) is 0 Å². The molecule has 0 fully saturated rings. The number of rotatable bonds is 21. The van der Waals surface area contributed by atoms with Crippen LogP contribution in [-0.4, -0.2) is 43.5 Å². The largest absolute Gasteiger partial charge is 0.371 e. The van der Waals surface area contributed by atoms with E-state index in [2.05, 4.69) is 95.1 Å². The van der Waals surface area contributed by atoms with E-state index in [1.807, 2.05) is 0 Å². The average molecular weight is 743 g/mol. The van der Waals surface area contributed by atoms with Crippen LogP contribution < -0.4 is 21.3 Å². The molecule has 242 valence electrons. The Morgan fingerprint density at radius 3 is 1.07 bits per heavy atom. The maximum absolute atomic E-state index is 5.51. The third-order valence-corrected chi connectivity index (χ3v) is 10.2. The van der Waals surface area contributed by atoms with Crippen molar-refractivity contribution >= 4 is 115 Å². The van der Waals surface area contributed by atoms with E-state index in [4.69, 9.17) is 48.9 Å². The lowest BCUT2D eigenvalue weighted by Gasteiger charge is -2.09. The lowest BCUT2D eigenvalue weighted by atomic mass is 10.0. The number of unbranched alkanes of at least 4 members (excludes halogenated alkanes) is 6. The molecule has 2 aromatic rings. The minimum atomic E-state index is 0.574. The van der Waals surface area contributed by atoms with Crippen molar-refractivity contribution in [2.45, 2.75) is 75.7 Å². The van der Waals surface area contributed by atoms with Gasteiger partial charge < -0.3 is 21.3 Å². The van der Waals surface area contributed by atoms with E-state index < -0.39 is 0 Å². The van der Waals surface area contributed by atoms with Crippen LogP contribution in [-0.2, 0) is 24.3 Å². The third kappa shape index (κ3) is 21.2. The number of aryl methyl sites for hydroxylation is 2. The Hall–Kier alpha value is -0.600. The number of benzene rings is 2. The molecule has 0 atom stereocenters. The molecular weight excluding hydrogens is 697 g/mol. The van der Waals surface area contributed by atoms with Gasteiger partial charge in [-0.25, -0.2) is 0 Å². The van der Waals surface area contributed by atoms with E-state index >= 15 is 0 Å². The van der Waals surface area contributed by atoms with E-state index in [0.29, 0.717) is 8.64 Å². The van der Waals surface area contributed by atoms with Crippen molar-refractivity contribution in [1.29, 1.82) is 0 Å². The topological polar surface area (TPSA) is 48.1 Å². The Labute approximate surface area is 306 Å². The van der Waals surface area contributed by atoms with Crippen LogP contribution >= 0.6 is 97.7 Å². The highest BCUT2D eigenvalue weighted by atomic mass is 32.2. The molecule has 0 heterocycles. The van der Waals surface area contributed by atoms with Crippen molar-refractivity contribution in [1.82, 2.24) is 21.3 Å². The Bertz CT molecular complexity index is 1040. The molecule has 4 nitrogen and oxygen atoms in total. The second-order valence-electron chi connectivity index (χ2n) is 10.4. The zero-order chi connectivity index (χ0) is 31.8. The number of nitrogens with one attached hydrogen (secondary N) is 4. The van der Waals surface area contributed by atoms with Gasteiger partial charge in [-0.1, -0.05) is 147 Å². The molecule has 0 saturated heterocycles. The van der Waals surface area contributed by atoms with Crippen LogP contribution in [0.2, 0.25) is 0 Å². The highest BCUT2D eigenvalue weighted by Gasteiger charge is 2.03. The van der Waals surface area contributed by atoms with Crippen LogP contribution in [0, 0.1) is 0 Å². The summed E-state index contributed by atoms with van der Waals surface area (Å²) in [5, 5.41) is 12.9. The molecule has 2 rings (SSSR count). The van der Waals surface area contributed by atoms with Gasteiger partial charge in [0.05, 0.1) is 0 Å². The maximum atomic E-state index is 5.51. The van der Waals surface area contributed by atoms with E-state index in [1.165, 1.54) is 47.9 Å². The third-order valence-electron chi connectivity index (χ3n) is 6.79. The summed E-state index contributed by atoms with van der Waals surface area (Å²) in [6.45, 7) is 3.67. The maximum Gasteiger partial charge on any atom is 0.134 e. The summed E-state index contributed by atoms with van der Waals surface area (Å²) in [5.74, 6) is 1.79. The molecule has 0 unspecified atom stereocenters. The summed E-state index contributed by atoms with van der Waals surface area (Å²) in [6, 6.07) is 17.9. The molecule has 0 bridgehead atoms. The van der Waals surface area contributed by atoms with Gasteiger partial charge in [0.2, 0.25) is 0 Å². The SMILES string of the molecule is S=C(S)NCCCCCCNC(=S)SCc1ccc(CCc2ccc(CSC(=S)NCCCCCCNC(=S)S)cc2)cc1. The standard InChI is InChI=1S/C32H46N4S8/c37-29(38)33-19-5-1-3-7-21-35-31(41)43-23-27-15-11-25(12-16-27)9-10-26-13-17-28(18-14-26)24-44-32(42)36-22-8-4-2-6-20-34-30(39)40/h11-18H,1-10,19-24H2,(H,35,41)(H,36,42)(H2,33,37,38)(H2,34,39,40). The van der Waals surface area contributed by atoms with E-state index in [0.717, 1.165) is 84.9 Å². The fourth-order valence-corrected chi connectivity index (χ4v) is 6.65. The normalized spacial score (nSPS) is 10.7. The molecule has 2 aromatic carbocycles. The minimum Gasteiger partial charge on any atom is -0.371 e. The van der Waals surface area contributed by atoms with Gasteiger partial charge in [-0.3, -0.25) is 0 Å². The minimum absolute atomic E-state index is 0.574. The molecule has 0 spiro atoms. The van der Waals surface area contributed by atoms with E-state index in [1.54, 1.807) is 23.5 Å². The second kappa shape index (κ2) is 25.5. The molecule has 0 aliphatic rings. The monoisotopic (exact) mass is 742 g/mol. The first-order valence-electron chi connectivity index (χ1n) is 15.2. The number of hydrogen-bond acceptors (Lipinski definition) is 6. The smallest absolute Gasteiger partial charge is 0.134 e. The Balaban J connectivity index is 1.53. The van der Waals surface area contributed by atoms with Crippen LogP contribution in [0.4, 0.5) is 0 Å². The average Bonchev–Trinajstić information content (AvgIpc) is 3.01. The molecule has 0 aliphatic heterocycles. The molecule has 0 aliphatic carbocycles. The first kappa shape index (κ1) is 39.6. The molecular formula is C32H46N4S8. The fourth-order valence-electron chi connectivity index (χ4n) is 4.27. The van der Waals surface area contributed by atoms with Gasteiger partial charge in [-0.2, -0.15) is 0 Å². The molecule has 0 aromatic heterocycles. The van der Waals surface area contributed by atoms with Gasteiger partial charge in [-0.05, 0) is 60.8 Å². The Morgan fingerprint density at radius 1 is 0.455 bits per heavy atom. The van der Waals surface area contributed by atoms with Gasteiger partial charge in [0.15, 0.2) is 0 Å². The van der Waals surface area contributed by atoms with E-state index in [9.17, 15) is 0 Å². The first-order valence-corrected chi connectivity index (χ1v) is 19.7. The quantitative estimate of drug-likeness (QED) is 0.0428.